The predicted octanol–water partition coefficient (Wildman–Crippen LogP) is 2.16. The molecule has 1 aromatic rings. The van der Waals surface area contributed by atoms with E-state index in [1.165, 1.54) is 43.5 Å². The molecule has 1 N–H and O–H groups in total. The number of nitrogens with zero attached hydrogens (tertiary/aromatic N) is 1. The van der Waals surface area contributed by atoms with E-state index < -0.39 is 0 Å². The van der Waals surface area contributed by atoms with Gasteiger partial charge in [0, 0.05) is 38.8 Å². The highest BCUT2D eigenvalue weighted by Gasteiger charge is 2.28. The van der Waals surface area contributed by atoms with Crippen LogP contribution in [0.1, 0.15) is 30.4 Å². The van der Waals surface area contributed by atoms with Crippen LogP contribution >= 0.6 is 0 Å². The van der Waals surface area contributed by atoms with E-state index in [0.717, 1.165) is 18.6 Å². The second-order valence-electron chi connectivity index (χ2n) is 5.91. The quantitative estimate of drug-likeness (QED) is 0.898. The van der Waals surface area contributed by atoms with Gasteiger partial charge < -0.3 is 10.1 Å². The fourth-order valence-corrected chi connectivity index (χ4v) is 3.40. The first-order chi connectivity index (χ1) is 9.33. The first kappa shape index (κ1) is 13.1. The zero-order chi connectivity index (χ0) is 13.1. The summed E-state index contributed by atoms with van der Waals surface area (Å²) in [5.74, 6) is 0. The predicted molar refractivity (Wildman–Crippen MR) is 77.0 cm³/mol. The molecule has 3 heteroatoms. The molecule has 3 nitrogen and oxygen atoms in total. The number of nitrogens with one attached hydrogen (secondary N) is 1. The first-order valence-electron chi connectivity index (χ1n) is 7.38. The van der Waals surface area contributed by atoms with E-state index in [9.17, 15) is 0 Å². The lowest BCUT2D eigenvalue weighted by molar-refractivity contribution is 0.184. The summed E-state index contributed by atoms with van der Waals surface area (Å²) in [4.78, 5) is 2.60. The van der Waals surface area contributed by atoms with Gasteiger partial charge in [-0.25, -0.2) is 0 Å². The number of benzene rings is 1. The maximum Gasteiger partial charge on any atom is 0.0713 e. The molecule has 2 bridgehead atoms. The summed E-state index contributed by atoms with van der Waals surface area (Å²) in [5.41, 5.74) is 2.68. The van der Waals surface area contributed by atoms with Crippen LogP contribution in [0.5, 0.6) is 0 Å². The van der Waals surface area contributed by atoms with Crippen LogP contribution in [0.15, 0.2) is 24.3 Å². The van der Waals surface area contributed by atoms with Crippen LogP contribution < -0.4 is 5.32 Å². The van der Waals surface area contributed by atoms with Gasteiger partial charge in [0.25, 0.3) is 0 Å². The summed E-state index contributed by atoms with van der Waals surface area (Å²) < 4.78 is 5.21. The van der Waals surface area contributed by atoms with Crippen molar-refractivity contribution in [3.8, 4) is 0 Å². The Labute approximate surface area is 115 Å². The largest absolute Gasteiger partial charge is 0.380 e. The van der Waals surface area contributed by atoms with Crippen molar-refractivity contribution in [3.63, 3.8) is 0 Å². The van der Waals surface area contributed by atoms with E-state index >= 15 is 0 Å². The molecule has 0 radical (unpaired) electrons. The summed E-state index contributed by atoms with van der Waals surface area (Å²) in [6, 6.07) is 10.3. The Bertz CT molecular complexity index is 421. The molecule has 19 heavy (non-hydrogen) atoms. The Balaban J connectivity index is 1.62. The molecule has 1 aromatic carbocycles. The lowest BCUT2D eigenvalue weighted by Gasteiger charge is -2.24. The maximum atomic E-state index is 5.21. The van der Waals surface area contributed by atoms with Crippen molar-refractivity contribution in [2.24, 2.45) is 0 Å². The number of methoxy groups -OCH3 is 1. The molecule has 0 spiro atoms. The molecule has 0 aliphatic carbocycles. The zero-order valence-corrected chi connectivity index (χ0v) is 11.8. The highest BCUT2D eigenvalue weighted by Crippen LogP contribution is 2.21. The highest BCUT2D eigenvalue weighted by atomic mass is 16.5. The Hall–Kier alpha value is -0.900. The summed E-state index contributed by atoms with van der Waals surface area (Å²) >= 11 is 0. The Morgan fingerprint density at radius 2 is 2.05 bits per heavy atom. The molecular weight excluding hydrogens is 236 g/mol. The Kier molecular flexibility index (Phi) is 4.16. The number of hydrogen-bond acceptors (Lipinski definition) is 3. The van der Waals surface area contributed by atoms with Gasteiger partial charge in [0.1, 0.15) is 0 Å². The van der Waals surface area contributed by atoms with Gasteiger partial charge in [0.15, 0.2) is 0 Å². The first-order valence-corrected chi connectivity index (χ1v) is 7.38. The minimum absolute atomic E-state index is 0.708. The van der Waals surface area contributed by atoms with Gasteiger partial charge in [-0.05, 0) is 30.4 Å². The molecule has 3 rings (SSSR count). The van der Waals surface area contributed by atoms with Crippen molar-refractivity contribution in [1.29, 1.82) is 0 Å². The molecule has 2 aliphatic rings. The maximum absolute atomic E-state index is 5.21. The number of hydrogen-bond donors (Lipinski definition) is 1. The van der Waals surface area contributed by atoms with E-state index in [4.69, 9.17) is 4.74 Å². The minimum atomic E-state index is 0.708. The van der Waals surface area contributed by atoms with E-state index in [0.29, 0.717) is 6.61 Å². The number of fused-ring (bicyclic) bond motifs is 2. The molecular formula is C16H24N2O. The van der Waals surface area contributed by atoms with E-state index in [-0.39, 0.29) is 0 Å². The van der Waals surface area contributed by atoms with Gasteiger partial charge in [-0.3, -0.25) is 4.90 Å². The molecule has 2 unspecified atom stereocenters. The smallest absolute Gasteiger partial charge is 0.0713 e. The average Bonchev–Trinajstić information content (AvgIpc) is 2.74. The molecule has 0 aromatic heterocycles. The van der Waals surface area contributed by atoms with Crippen LogP contribution in [-0.2, 0) is 17.9 Å². The minimum Gasteiger partial charge on any atom is -0.380 e. The van der Waals surface area contributed by atoms with E-state index in [1.54, 1.807) is 7.11 Å². The summed E-state index contributed by atoms with van der Waals surface area (Å²) in [7, 11) is 1.75. The topological polar surface area (TPSA) is 24.5 Å². The third-order valence-corrected chi connectivity index (χ3v) is 4.32. The fourth-order valence-electron chi connectivity index (χ4n) is 3.40. The third-order valence-electron chi connectivity index (χ3n) is 4.32. The molecule has 0 amide bonds. The van der Waals surface area contributed by atoms with Gasteiger partial charge in [-0.1, -0.05) is 24.3 Å². The second kappa shape index (κ2) is 6.04. The highest BCUT2D eigenvalue weighted by molar-refractivity contribution is 5.23. The zero-order valence-electron chi connectivity index (χ0n) is 11.8. The van der Waals surface area contributed by atoms with Crippen molar-refractivity contribution < 1.29 is 4.74 Å². The van der Waals surface area contributed by atoms with Crippen molar-refractivity contribution in [2.75, 3.05) is 20.2 Å². The van der Waals surface area contributed by atoms with Crippen molar-refractivity contribution in [1.82, 2.24) is 10.2 Å². The summed E-state index contributed by atoms with van der Waals surface area (Å²) in [6.07, 6.45) is 4.03. The SMILES string of the molecule is COCc1cccc(CN2CCC3CCC(C2)N3)c1. The van der Waals surface area contributed by atoms with Crippen molar-refractivity contribution >= 4 is 0 Å². The van der Waals surface area contributed by atoms with Crippen LogP contribution in [0, 0.1) is 0 Å². The van der Waals surface area contributed by atoms with Crippen LogP contribution in [0.2, 0.25) is 0 Å². The molecule has 2 fully saturated rings. The van der Waals surface area contributed by atoms with E-state index in [2.05, 4.69) is 34.5 Å². The van der Waals surface area contributed by atoms with E-state index in [1.807, 2.05) is 0 Å². The molecule has 2 saturated heterocycles. The molecule has 104 valence electrons. The summed E-state index contributed by atoms with van der Waals surface area (Å²) in [6.45, 7) is 4.20. The lowest BCUT2D eigenvalue weighted by Crippen LogP contribution is -2.34. The van der Waals surface area contributed by atoms with Crippen LogP contribution in [0.3, 0.4) is 0 Å². The van der Waals surface area contributed by atoms with Gasteiger partial charge >= 0.3 is 0 Å². The van der Waals surface area contributed by atoms with Gasteiger partial charge in [-0.2, -0.15) is 0 Å². The Morgan fingerprint density at radius 3 is 2.95 bits per heavy atom. The number of ether oxygens (including phenoxy) is 1. The van der Waals surface area contributed by atoms with Crippen molar-refractivity contribution in [2.45, 2.75) is 44.5 Å². The number of rotatable bonds is 4. The molecule has 2 aliphatic heterocycles. The Morgan fingerprint density at radius 1 is 1.21 bits per heavy atom. The molecule has 0 saturated carbocycles. The van der Waals surface area contributed by atoms with Crippen molar-refractivity contribution in [3.05, 3.63) is 35.4 Å². The van der Waals surface area contributed by atoms with Gasteiger partial charge in [-0.15, -0.1) is 0 Å². The van der Waals surface area contributed by atoms with Crippen LogP contribution in [-0.4, -0.2) is 37.2 Å². The average molecular weight is 260 g/mol. The normalized spacial score (nSPS) is 27.4. The second-order valence-corrected chi connectivity index (χ2v) is 5.91. The lowest BCUT2D eigenvalue weighted by atomic mass is 10.1. The number of likely N-dealkylation sites (tertiary alicyclic amines) is 1. The fraction of sp³-hybridized carbons (Fsp3) is 0.625. The van der Waals surface area contributed by atoms with Gasteiger partial charge in [0.2, 0.25) is 0 Å². The van der Waals surface area contributed by atoms with Crippen LogP contribution in [0.4, 0.5) is 0 Å². The monoisotopic (exact) mass is 260 g/mol. The standard InChI is InChI=1S/C16H24N2O/c1-19-12-14-4-2-3-13(9-14)10-18-8-7-15-5-6-16(11-18)17-15/h2-4,9,15-17H,5-8,10-12H2,1H3. The van der Waals surface area contributed by atoms with Gasteiger partial charge in [0.05, 0.1) is 6.61 Å². The molecule has 2 atom stereocenters. The molecule has 2 heterocycles. The van der Waals surface area contributed by atoms with Crippen LogP contribution in [0.25, 0.3) is 0 Å². The third kappa shape index (κ3) is 3.35. The summed E-state index contributed by atoms with van der Waals surface area (Å²) in [5, 5.41) is 3.74.